The molecule has 0 aromatic carbocycles. The molecule has 0 bridgehead atoms. The van der Waals surface area contributed by atoms with Crippen molar-refractivity contribution in [3.05, 3.63) is 28.5 Å². The first-order chi connectivity index (χ1) is 6.02. The molecule has 1 N–H and O–H groups in total. The number of halogens is 1. The summed E-state index contributed by atoms with van der Waals surface area (Å²) in [6.45, 7) is 3.76. The molecule has 70 valence electrons. The lowest BCUT2D eigenvalue weighted by molar-refractivity contribution is 0.0694. The van der Waals surface area contributed by atoms with Crippen LogP contribution in [0.3, 0.4) is 0 Å². The van der Waals surface area contributed by atoms with Crippen molar-refractivity contribution in [2.75, 3.05) is 0 Å². The van der Waals surface area contributed by atoms with E-state index < -0.39 is 5.97 Å². The highest BCUT2D eigenvalue weighted by atomic mass is 35.5. The zero-order valence-electron chi connectivity index (χ0n) is 7.41. The third-order valence-electron chi connectivity index (χ3n) is 1.67. The van der Waals surface area contributed by atoms with Crippen molar-refractivity contribution in [1.82, 2.24) is 4.98 Å². The minimum Gasteiger partial charge on any atom is -0.478 e. The van der Waals surface area contributed by atoms with Crippen molar-refractivity contribution in [3.63, 3.8) is 0 Å². The molecule has 0 radical (unpaired) electrons. The van der Waals surface area contributed by atoms with Crippen LogP contribution in [-0.2, 0) is 0 Å². The van der Waals surface area contributed by atoms with Crippen LogP contribution in [0, 0.1) is 0 Å². The number of carbonyl (C=O) groups is 1. The molecule has 1 rings (SSSR count). The molecular weight excluding hydrogens is 190 g/mol. The van der Waals surface area contributed by atoms with Gasteiger partial charge in [0.15, 0.2) is 0 Å². The van der Waals surface area contributed by atoms with E-state index in [9.17, 15) is 4.79 Å². The van der Waals surface area contributed by atoms with Crippen LogP contribution in [0.15, 0.2) is 12.1 Å². The molecule has 1 aromatic rings. The predicted octanol–water partition coefficient (Wildman–Crippen LogP) is 2.56. The van der Waals surface area contributed by atoms with Crippen molar-refractivity contribution < 1.29 is 9.90 Å². The van der Waals surface area contributed by atoms with Crippen molar-refractivity contribution in [1.29, 1.82) is 0 Å². The first kappa shape index (κ1) is 9.99. The fourth-order valence-corrected chi connectivity index (χ4v) is 1.23. The van der Waals surface area contributed by atoms with E-state index in [-0.39, 0.29) is 11.5 Å². The molecule has 1 heterocycles. The fraction of sp³-hybridized carbons (Fsp3) is 0.333. The van der Waals surface area contributed by atoms with Gasteiger partial charge in [-0.15, -0.1) is 0 Å². The Morgan fingerprint density at radius 1 is 1.54 bits per heavy atom. The molecular formula is C9H10ClNO2. The summed E-state index contributed by atoms with van der Waals surface area (Å²) in [7, 11) is 0. The maximum absolute atomic E-state index is 10.8. The summed E-state index contributed by atoms with van der Waals surface area (Å²) in [5.74, 6) is -0.905. The monoisotopic (exact) mass is 199 g/mol. The number of hydrogen-bond donors (Lipinski definition) is 1. The van der Waals surface area contributed by atoms with Gasteiger partial charge in [-0.05, 0) is 18.1 Å². The van der Waals surface area contributed by atoms with E-state index in [1.54, 1.807) is 0 Å². The first-order valence-electron chi connectivity index (χ1n) is 3.92. The highest BCUT2D eigenvalue weighted by molar-refractivity contribution is 6.29. The summed E-state index contributed by atoms with van der Waals surface area (Å²) in [4.78, 5) is 14.7. The predicted molar refractivity (Wildman–Crippen MR) is 50.3 cm³/mol. The van der Waals surface area contributed by atoms with Gasteiger partial charge in [0.05, 0.1) is 11.3 Å². The van der Waals surface area contributed by atoms with Gasteiger partial charge >= 0.3 is 5.97 Å². The molecule has 1 aromatic heterocycles. The van der Waals surface area contributed by atoms with Crippen LogP contribution in [0.1, 0.15) is 35.8 Å². The second kappa shape index (κ2) is 3.75. The Kier molecular flexibility index (Phi) is 2.88. The van der Waals surface area contributed by atoms with Gasteiger partial charge in [0.2, 0.25) is 0 Å². The van der Waals surface area contributed by atoms with E-state index >= 15 is 0 Å². The zero-order chi connectivity index (χ0) is 10.0. The number of pyridine rings is 1. The Hall–Kier alpha value is -1.09. The van der Waals surface area contributed by atoms with Gasteiger partial charge < -0.3 is 5.11 Å². The van der Waals surface area contributed by atoms with E-state index in [1.165, 1.54) is 12.1 Å². The Balaban J connectivity index is 3.26. The van der Waals surface area contributed by atoms with Crippen LogP contribution in [0.4, 0.5) is 0 Å². The van der Waals surface area contributed by atoms with Gasteiger partial charge in [0.1, 0.15) is 5.15 Å². The Bertz CT molecular complexity index is 336. The van der Waals surface area contributed by atoms with Gasteiger partial charge in [-0.25, -0.2) is 9.78 Å². The SMILES string of the molecule is CC(C)c1nc(Cl)ccc1C(=O)O. The number of carboxylic acids is 1. The van der Waals surface area contributed by atoms with Crippen LogP contribution in [0.25, 0.3) is 0 Å². The molecule has 4 heteroatoms. The molecule has 0 aliphatic heterocycles. The molecule has 0 spiro atoms. The quantitative estimate of drug-likeness (QED) is 0.745. The number of aromatic nitrogens is 1. The summed E-state index contributed by atoms with van der Waals surface area (Å²) in [6.07, 6.45) is 0. The van der Waals surface area contributed by atoms with Gasteiger partial charge in [-0.1, -0.05) is 25.4 Å². The minimum atomic E-state index is -0.965. The van der Waals surface area contributed by atoms with Crippen LogP contribution in [0.5, 0.6) is 0 Å². The van der Waals surface area contributed by atoms with Crippen LogP contribution in [-0.4, -0.2) is 16.1 Å². The lowest BCUT2D eigenvalue weighted by atomic mass is 10.0. The summed E-state index contributed by atoms with van der Waals surface area (Å²) >= 11 is 5.66. The maximum Gasteiger partial charge on any atom is 0.337 e. The Morgan fingerprint density at radius 3 is 2.62 bits per heavy atom. The third kappa shape index (κ3) is 2.18. The normalized spacial score (nSPS) is 10.5. The lowest BCUT2D eigenvalue weighted by Crippen LogP contribution is -2.06. The molecule has 0 saturated heterocycles. The minimum absolute atomic E-state index is 0.0600. The number of rotatable bonds is 2. The number of hydrogen-bond acceptors (Lipinski definition) is 2. The van der Waals surface area contributed by atoms with Crippen molar-refractivity contribution in [2.45, 2.75) is 19.8 Å². The van der Waals surface area contributed by atoms with Gasteiger partial charge in [-0.2, -0.15) is 0 Å². The number of aromatic carboxylic acids is 1. The van der Waals surface area contributed by atoms with Crippen molar-refractivity contribution in [3.8, 4) is 0 Å². The number of nitrogens with zero attached hydrogens (tertiary/aromatic N) is 1. The highest BCUT2D eigenvalue weighted by Crippen LogP contribution is 2.19. The molecule has 3 nitrogen and oxygen atoms in total. The smallest absolute Gasteiger partial charge is 0.337 e. The lowest BCUT2D eigenvalue weighted by Gasteiger charge is -2.07. The topological polar surface area (TPSA) is 50.2 Å². The summed E-state index contributed by atoms with van der Waals surface area (Å²) in [5, 5.41) is 9.15. The zero-order valence-corrected chi connectivity index (χ0v) is 8.17. The number of carboxylic acid groups (broad SMARTS) is 1. The second-order valence-electron chi connectivity index (χ2n) is 3.03. The Morgan fingerprint density at radius 2 is 2.15 bits per heavy atom. The largest absolute Gasteiger partial charge is 0.478 e. The molecule has 0 amide bonds. The standard InChI is InChI=1S/C9H10ClNO2/c1-5(2)8-6(9(12)13)3-4-7(10)11-8/h3-5H,1-2H3,(H,12,13). The average molecular weight is 200 g/mol. The molecule has 13 heavy (non-hydrogen) atoms. The van der Waals surface area contributed by atoms with Gasteiger partial charge in [0, 0.05) is 0 Å². The molecule has 0 atom stereocenters. The van der Waals surface area contributed by atoms with Crippen LogP contribution >= 0.6 is 11.6 Å². The summed E-state index contributed by atoms with van der Waals surface area (Å²) < 4.78 is 0. The third-order valence-corrected chi connectivity index (χ3v) is 1.88. The summed E-state index contributed by atoms with van der Waals surface area (Å²) in [5.41, 5.74) is 0.749. The van der Waals surface area contributed by atoms with E-state index in [1.807, 2.05) is 13.8 Å². The van der Waals surface area contributed by atoms with Crippen molar-refractivity contribution in [2.24, 2.45) is 0 Å². The first-order valence-corrected chi connectivity index (χ1v) is 4.30. The van der Waals surface area contributed by atoms with Gasteiger partial charge in [0.25, 0.3) is 0 Å². The molecule has 0 fully saturated rings. The molecule has 0 saturated carbocycles. The fourth-order valence-electron chi connectivity index (χ4n) is 1.07. The molecule has 0 aliphatic rings. The van der Waals surface area contributed by atoms with Crippen LogP contribution in [0.2, 0.25) is 5.15 Å². The van der Waals surface area contributed by atoms with Gasteiger partial charge in [-0.3, -0.25) is 0 Å². The second-order valence-corrected chi connectivity index (χ2v) is 3.41. The Labute approximate surface area is 81.4 Å². The average Bonchev–Trinajstić information content (AvgIpc) is 2.03. The van der Waals surface area contributed by atoms with E-state index in [2.05, 4.69) is 4.98 Å². The van der Waals surface area contributed by atoms with E-state index in [0.717, 1.165) is 0 Å². The molecule has 0 unspecified atom stereocenters. The highest BCUT2D eigenvalue weighted by Gasteiger charge is 2.14. The van der Waals surface area contributed by atoms with Crippen LogP contribution < -0.4 is 0 Å². The van der Waals surface area contributed by atoms with E-state index in [4.69, 9.17) is 16.7 Å². The summed E-state index contributed by atoms with van der Waals surface area (Å²) in [6, 6.07) is 2.96. The maximum atomic E-state index is 10.8. The van der Waals surface area contributed by atoms with Crippen molar-refractivity contribution >= 4 is 17.6 Å². The molecule has 0 aliphatic carbocycles. The van der Waals surface area contributed by atoms with E-state index in [0.29, 0.717) is 10.8 Å².